The molecular formula is C16H25N3OS. The molecule has 3 N–H and O–H groups in total. The molecule has 5 heteroatoms. The van der Waals surface area contributed by atoms with Crippen molar-refractivity contribution < 1.29 is 5.11 Å². The Morgan fingerprint density at radius 3 is 2.57 bits per heavy atom. The summed E-state index contributed by atoms with van der Waals surface area (Å²) >= 11 is 1.77. The molecule has 1 fully saturated rings. The average molecular weight is 307 g/mol. The SMILES string of the molecule is CC(C)(O)CN1CCN(Cc2sccc2C#CCN)CC1. The maximum atomic E-state index is 9.88. The Kier molecular flexibility index (Phi) is 5.80. The number of aliphatic hydroxyl groups is 1. The van der Waals surface area contributed by atoms with Gasteiger partial charge in [0.05, 0.1) is 12.1 Å². The molecule has 0 amide bonds. The normalized spacial score (nSPS) is 17.5. The van der Waals surface area contributed by atoms with E-state index in [1.165, 1.54) is 4.88 Å². The molecule has 0 aromatic carbocycles. The zero-order valence-corrected chi connectivity index (χ0v) is 13.7. The van der Waals surface area contributed by atoms with Gasteiger partial charge in [0.1, 0.15) is 0 Å². The summed E-state index contributed by atoms with van der Waals surface area (Å²) in [6.07, 6.45) is 0. The van der Waals surface area contributed by atoms with Crippen LogP contribution in [0.1, 0.15) is 24.3 Å². The lowest BCUT2D eigenvalue weighted by Crippen LogP contribution is -2.50. The first kappa shape index (κ1) is 16.5. The van der Waals surface area contributed by atoms with E-state index in [1.807, 2.05) is 13.8 Å². The topological polar surface area (TPSA) is 52.7 Å². The third-order valence-corrected chi connectivity index (χ3v) is 4.42. The highest BCUT2D eigenvalue weighted by Gasteiger charge is 2.23. The van der Waals surface area contributed by atoms with E-state index in [4.69, 9.17) is 5.73 Å². The predicted octanol–water partition coefficient (Wildman–Crippen LogP) is 0.947. The van der Waals surface area contributed by atoms with E-state index < -0.39 is 5.60 Å². The van der Waals surface area contributed by atoms with Crippen LogP contribution in [-0.4, -0.2) is 59.8 Å². The third-order valence-electron chi connectivity index (χ3n) is 3.51. The lowest BCUT2D eigenvalue weighted by molar-refractivity contribution is 0.0168. The molecule has 2 heterocycles. The van der Waals surface area contributed by atoms with Gasteiger partial charge in [-0.3, -0.25) is 9.80 Å². The van der Waals surface area contributed by atoms with Crippen LogP contribution in [0.4, 0.5) is 0 Å². The van der Waals surface area contributed by atoms with Gasteiger partial charge in [0.25, 0.3) is 0 Å². The summed E-state index contributed by atoms with van der Waals surface area (Å²) in [6.45, 7) is 9.95. The van der Waals surface area contributed by atoms with E-state index in [1.54, 1.807) is 11.3 Å². The van der Waals surface area contributed by atoms with Crippen molar-refractivity contribution >= 4 is 11.3 Å². The van der Waals surface area contributed by atoms with Gasteiger partial charge in [0.2, 0.25) is 0 Å². The molecule has 1 aromatic rings. The fourth-order valence-electron chi connectivity index (χ4n) is 2.58. The minimum atomic E-state index is -0.610. The summed E-state index contributed by atoms with van der Waals surface area (Å²) in [5.41, 5.74) is 5.94. The van der Waals surface area contributed by atoms with Crippen molar-refractivity contribution in [3.05, 3.63) is 21.9 Å². The van der Waals surface area contributed by atoms with Gasteiger partial charge < -0.3 is 10.8 Å². The van der Waals surface area contributed by atoms with Crippen LogP contribution in [0.3, 0.4) is 0 Å². The van der Waals surface area contributed by atoms with E-state index in [0.29, 0.717) is 6.54 Å². The molecular weight excluding hydrogens is 282 g/mol. The summed E-state index contributed by atoms with van der Waals surface area (Å²) in [7, 11) is 0. The molecule has 0 saturated carbocycles. The number of rotatable bonds is 4. The summed E-state index contributed by atoms with van der Waals surface area (Å²) in [5, 5.41) is 12.0. The number of hydrogen-bond donors (Lipinski definition) is 2. The average Bonchev–Trinajstić information content (AvgIpc) is 2.84. The molecule has 1 aromatic heterocycles. The van der Waals surface area contributed by atoms with Gasteiger partial charge in [-0.2, -0.15) is 0 Å². The van der Waals surface area contributed by atoms with Gasteiger partial charge in [-0.05, 0) is 25.3 Å². The van der Waals surface area contributed by atoms with E-state index >= 15 is 0 Å². The van der Waals surface area contributed by atoms with Crippen molar-refractivity contribution in [1.82, 2.24) is 9.80 Å². The number of nitrogens with two attached hydrogens (primary N) is 1. The van der Waals surface area contributed by atoms with E-state index in [0.717, 1.165) is 44.8 Å². The fourth-order valence-corrected chi connectivity index (χ4v) is 3.45. The van der Waals surface area contributed by atoms with Gasteiger partial charge in [-0.15, -0.1) is 11.3 Å². The first-order valence-electron chi connectivity index (χ1n) is 7.40. The molecule has 0 spiro atoms. The van der Waals surface area contributed by atoms with E-state index in [9.17, 15) is 5.11 Å². The predicted molar refractivity (Wildman–Crippen MR) is 88.3 cm³/mol. The number of thiophene rings is 1. The first-order chi connectivity index (χ1) is 9.98. The number of piperazine rings is 1. The van der Waals surface area contributed by atoms with Crippen molar-refractivity contribution in [3.8, 4) is 11.8 Å². The van der Waals surface area contributed by atoms with Crippen LogP contribution in [0.2, 0.25) is 0 Å². The molecule has 4 nitrogen and oxygen atoms in total. The molecule has 0 radical (unpaired) electrons. The molecule has 1 aliphatic heterocycles. The van der Waals surface area contributed by atoms with Crippen LogP contribution < -0.4 is 5.73 Å². The zero-order valence-electron chi connectivity index (χ0n) is 12.9. The fraction of sp³-hybridized carbons (Fsp3) is 0.625. The van der Waals surface area contributed by atoms with Gasteiger partial charge in [-0.1, -0.05) is 11.8 Å². The molecule has 0 bridgehead atoms. The molecule has 116 valence electrons. The summed E-state index contributed by atoms with van der Waals surface area (Å²) < 4.78 is 0. The van der Waals surface area contributed by atoms with Crippen molar-refractivity contribution in [2.75, 3.05) is 39.3 Å². The van der Waals surface area contributed by atoms with Crippen molar-refractivity contribution in [2.45, 2.75) is 26.0 Å². The maximum absolute atomic E-state index is 9.88. The van der Waals surface area contributed by atoms with Crippen molar-refractivity contribution in [2.24, 2.45) is 5.73 Å². The van der Waals surface area contributed by atoms with Crippen LogP contribution in [0, 0.1) is 11.8 Å². The summed E-state index contributed by atoms with van der Waals surface area (Å²) in [5.74, 6) is 6.08. The highest BCUT2D eigenvalue weighted by Crippen LogP contribution is 2.19. The van der Waals surface area contributed by atoms with Crippen molar-refractivity contribution in [3.63, 3.8) is 0 Å². The summed E-state index contributed by atoms with van der Waals surface area (Å²) in [4.78, 5) is 6.12. The van der Waals surface area contributed by atoms with Crippen LogP contribution >= 0.6 is 11.3 Å². The molecule has 21 heavy (non-hydrogen) atoms. The van der Waals surface area contributed by atoms with Gasteiger partial charge in [0.15, 0.2) is 0 Å². The standard InChI is InChI=1S/C16H25N3OS/c1-16(2,20)13-19-9-7-18(8-10-19)12-15-14(4-3-6-17)5-11-21-15/h5,11,20H,6-10,12-13,17H2,1-2H3. The smallest absolute Gasteiger partial charge is 0.0718 e. The Morgan fingerprint density at radius 1 is 1.29 bits per heavy atom. The molecule has 1 aliphatic rings. The van der Waals surface area contributed by atoms with Crippen LogP contribution in [0.5, 0.6) is 0 Å². The highest BCUT2D eigenvalue weighted by atomic mass is 32.1. The maximum Gasteiger partial charge on any atom is 0.0718 e. The minimum absolute atomic E-state index is 0.408. The van der Waals surface area contributed by atoms with Gasteiger partial charge >= 0.3 is 0 Å². The number of β-amino-alcohol motifs (C(OH)–C–C–N with tert-alkyl or cyclic N) is 1. The highest BCUT2D eigenvalue weighted by molar-refractivity contribution is 7.10. The number of hydrogen-bond acceptors (Lipinski definition) is 5. The van der Waals surface area contributed by atoms with Gasteiger partial charge in [0, 0.05) is 49.7 Å². The number of nitrogens with zero attached hydrogens (tertiary/aromatic N) is 2. The van der Waals surface area contributed by atoms with Crippen LogP contribution in [0.25, 0.3) is 0 Å². The Balaban J connectivity index is 1.85. The first-order valence-corrected chi connectivity index (χ1v) is 8.28. The Morgan fingerprint density at radius 2 is 1.95 bits per heavy atom. The second-order valence-corrected chi connectivity index (χ2v) is 7.13. The third kappa shape index (κ3) is 5.42. The molecule has 0 atom stereocenters. The zero-order chi connectivity index (χ0) is 15.3. The lowest BCUT2D eigenvalue weighted by atomic mass is 10.1. The summed E-state index contributed by atoms with van der Waals surface area (Å²) in [6, 6.07) is 2.08. The lowest BCUT2D eigenvalue weighted by Gasteiger charge is -2.37. The Labute approximate surface area is 131 Å². The minimum Gasteiger partial charge on any atom is -0.389 e. The van der Waals surface area contributed by atoms with E-state index in [2.05, 4.69) is 33.1 Å². The van der Waals surface area contributed by atoms with E-state index in [-0.39, 0.29) is 0 Å². The quantitative estimate of drug-likeness (QED) is 0.813. The van der Waals surface area contributed by atoms with Crippen LogP contribution in [0.15, 0.2) is 11.4 Å². The largest absolute Gasteiger partial charge is 0.389 e. The molecule has 0 aliphatic carbocycles. The van der Waals surface area contributed by atoms with Gasteiger partial charge in [-0.25, -0.2) is 0 Å². The second-order valence-electron chi connectivity index (χ2n) is 6.13. The Bertz CT molecular complexity index is 502. The van der Waals surface area contributed by atoms with Crippen molar-refractivity contribution in [1.29, 1.82) is 0 Å². The molecule has 1 saturated heterocycles. The van der Waals surface area contributed by atoms with Crippen LogP contribution in [-0.2, 0) is 6.54 Å². The Hall–Kier alpha value is -0.900. The molecule has 0 unspecified atom stereocenters. The monoisotopic (exact) mass is 307 g/mol. The second kappa shape index (κ2) is 7.39. The molecule has 2 rings (SSSR count).